The number of benzene rings is 1. The van der Waals surface area contributed by atoms with Gasteiger partial charge in [0.1, 0.15) is 0 Å². The summed E-state index contributed by atoms with van der Waals surface area (Å²) in [6.45, 7) is 3.62. The number of carbonyl (C=O) groups excluding carboxylic acids is 2. The highest BCUT2D eigenvalue weighted by Crippen LogP contribution is 2.32. The minimum atomic E-state index is -0.821. The standard InChI is InChI=1S/C19H19NO3S/c1-13-11-16-5-3-4-6-17(16)20(13)19(22)14(2)23-18(21)8-7-15-9-10-24-12-15/h3-10,12-14H,11H2,1-2H3/b8-7+/t13-,14+/m0/s1. The van der Waals surface area contributed by atoms with Crippen molar-refractivity contribution >= 4 is 35.0 Å². The summed E-state index contributed by atoms with van der Waals surface area (Å²) >= 11 is 1.56. The molecule has 0 fully saturated rings. The van der Waals surface area contributed by atoms with Gasteiger partial charge in [-0.05, 0) is 60.4 Å². The zero-order chi connectivity index (χ0) is 17.1. The van der Waals surface area contributed by atoms with Crippen LogP contribution in [0, 0.1) is 0 Å². The van der Waals surface area contributed by atoms with Gasteiger partial charge in [0.15, 0.2) is 6.10 Å². The topological polar surface area (TPSA) is 46.6 Å². The third-order valence-corrected chi connectivity index (χ3v) is 4.74. The average molecular weight is 341 g/mol. The van der Waals surface area contributed by atoms with E-state index in [4.69, 9.17) is 4.74 Å². The molecular formula is C19H19NO3S. The Bertz CT molecular complexity index is 767. The number of hydrogen-bond donors (Lipinski definition) is 0. The quantitative estimate of drug-likeness (QED) is 0.630. The van der Waals surface area contributed by atoms with Crippen LogP contribution in [0.4, 0.5) is 5.69 Å². The first kappa shape index (κ1) is 16.5. The number of amides is 1. The van der Waals surface area contributed by atoms with E-state index in [2.05, 4.69) is 0 Å². The third kappa shape index (κ3) is 3.41. The van der Waals surface area contributed by atoms with Gasteiger partial charge in [-0.1, -0.05) is 18.2 Å². The molecule has 0 spiro atoms. The van der Waals surface area contributed by atoms with Gasteiger partial charge in [-0.3, -0.25) is 4.79 Å². The van der Waals surface area contributed by atoms with Crippen LogP contribution in [0.3, 0.4) is 0 Å². The molecule has 0 unspecified atom stereocenters. The molecule has 2 atom stereocenters. The van der Waals surface area contributed by atoms with E-state index >= 15 is 0 Å². The Morgan fingerprint density at radius 3 is 2.88 bits per heavy atom. The van der Waals surface area contributed by atoms with Gasteiger partial charge in [0.05, 0.1) is 0 Å². The fraction of sp³-hybridized carbons (Fsp3) is 0.263. The van der Waals surface area contributed by atoms with E-state index < -0.39 is 12.1 Å². The Kier molecular flexibility index (Phi) is 4.81. The van der Waals surface area contributed by atoms with E-state index in [1.807, 2.05) is 48.0 Å². The lowest BCUT2D eigenvalue weighted by Gasteiger charge is -2.25. The van der Waals surface area contributed by atoms with E-state index in [-0.39, 0.29) is 11.9 Å². The van der Waals surface area contributed by atoms with Crippen molar-refractivity contribution in [1.82, 2.24) is 0 Å². The molecule has 24 heavy (non-hydrogen) atoms. The molecule has 0 saturated carbocycles. The van der Waals surface area contributed by atoms with Crippen molar-refractivity contribution in [2.24, 2.45) is 0 Å². The van der Waals surface area contributed by atoms with Crippen LogP contribution in [0.15, 0.2) is 47.2 Å². The number of thiophene rings is 1. The number of nitrogens with zero attached hydrogens (tertiary/aromatic N) is 1. The van der Waals surface area contributed by atoms with Gasteiger partial charge >= 0.3 is 5.97 Å². The predicted octanol–water partition coefficient (Wildman–Crippen LogP) is 3.67. The summed E-state index contributed by atoms with van der Waals surface area (Å²) in [5, 5.41) is 3.87. The molecule has 2 heterocycles. The Balaban J connectivity index is 1.66. The largest absolute Gasteiger partial charge is 0.449 e. The van der Waals surface area contributed by atoms with Crippen molar-refractivity contribution in [3.8, 4) is 0 Å². The molecule has 0 bridgehead atoms. The zero-order valence-electron chi connectivity index (χ0n) is 13.6. The van der Waals surface area contributed by atoms with Crippen LogP contribution in [0.1, 0.15) is 25.0 Å². The van der Waals surface area contributed by atoms with Crippen molar-refractivity contribution in [2.45, 2.75) is 32.4 Å². The highest BCUT2D eigenvalue weighted by atomic mass is 32.1. The second-order valence-electron chi connectivity index (χ2n) is 5.86. The molecule has 2 aromatic rings. The van der Waals surface area contributed by atoms with Gasteiger partial charge in [-0.25, -0.2) is 4.79 Å². The molecule has 124 valence electrons. The minimum Gasteiger partial charge on any atom is -0.449 e. The van der Waals surface area contributed by atoms with Gasteiger partial charge in [0.25, 0.3) is 5.91 Å². The molecule has 1 aliphatic rings. The normalized spacial score (nSPS) is 17.8. The summed E-state index contributed by atoms with van der Waals surface area (Å²) < 4.78 is 5.27. The van der Waals surface area contributed by atoms with Crippen LogP contribution < -0.4 is 4.90 Å². The zero-order valence-corrected chi connectivity index (χ0v) is 14.5. The SMILES string of the molecule is C[C@@H](OC(=O)/C=C/c1ccsc1)C(=O)N1c2ccccc2C[C@@H]1C. The second kappa shape index (κ2) is 7.01. The molecule has 3 rings (SSSR count). The van der Waals surface area contributed by atoms with Crippen molar-refractivity contribution < 1.29 is 14.3 Å². The summed E-state index contributed by atoms with van der Waals surface area (Å²) in [5.74, 6) is -0.702. The summed E-state index contributed by atoms with van der Waals surface area (Å²) in [4.78, 5) is 26.4. The predicted molar refractivity (Wildman–Crippen MR) is 96.0 cm³/mol. The molecule has 4 nitrogen and oxygen atoms in total. The molecule has 1 aliphatic heterocycles. The number of carbonyl (C=O) groups is 2. The third-order valence-electron chi connectivity index (χ3n) is 4.04. The summed E-state index contributed by atoms with van der Waals surface area (Å²) in [6.07, 6.45) is 3.04. The van der Waals surface area contributed by atoms with E-state index in [1.54, 1.807) is 29.2 Å². The first-order valence-electron chi connectivity index (χ1n) is 7.88. The van der Waals surface area contributed by atoms with Crippen molar-refractivity contribution in [3.05, 3.63) is 58.3 Å². The lowest BCUT2D eigenvalue weighted by Crippen LogP contribution is -2.43. The number of fused-ring (bicyclic) bond motifs is 1. The molecular weight excluding hydrogens is 322 g/mol. The molecule has 0 N–H and O–H groups in total. The molecule has 5 heteroatoms. The number of anilines is 1. The van der Waals surface area contributed by atoms with Crippen molar-refractivity contribution in [2.75, 3.05) is 4.90 Å². The molecule has 1 aromatic carbocycles. The van der Waals surface area contributed by atoms with Crippen LogP contribution in [-0.2, 0) is 20.7 Å². The van der Waals surface area contributed by atoms with Crippen LogP contribution in [0.2, 0.25) is 0 Å². The number of rotatable bonds is 4. The van der Waals surface area contributed by atoms with E-state index in [0.29, 0.717) is 0 Å². The monoisotopic (exact) mass is 341 g/mol. The molecule has 0 radical (unpaired) electrons. The summed E-state index contributed by atoms with van der Waals surface area (Å²) in [5.41, 5.74) is 3.00. The van der Waals surface area contributed by atoms with E-state index in [0.717, 1.165) is 23.2 Å². The fourth-order valence-corrected chi connectivity index (χ4v) is 3.52. The van der Waals surface area contributed by atoms with Crippen LogP contribution in [0.25, 0.3) is 6.08 Å². The maximum absolute atomic E-state index is 12.7. The lowest BCUT2D eigenvalue weighted by molar-refractivity contribution is -0.149. The Morgan fingerprint density at radius 1 is 1.33 bits per heavy atom. The van der Waals surface area contributed by atoms with E-state index in [9.17, 15) is 9.59 Å². The summed E-state index contributed by atoms with van der Waals surface area (Å²) in [7, 11) is 0. The maximum Gasteiger partial charge on any atom is 0.331 e. The molecule has 1 amide bonds. The second-order valence-corrected chi connectivity index (χ2v) is 6.64. The minimum absolute atomic E-state index is 0.0670. The lowest BCUT2D eigenvalue weighted by atomic mass is 10.1. The van der Waals surface area contributed by atoms with Gasteiger partial charge in [-0.2, -0.15) is 11.3 Å². The Labute approximate surface area is 145 Å². The number of esters is 1. The number of para-hydroxylation sites is 1. The fourth-order valence-electron chi connectivity index (χ4n) is 2.90. The maximum atomic E-state index is 12.7. The first-order valence-corrected chi connectivity index (χ1v) is 8.82. The van der Waals surface area contributed by atoms with Crippen LogP contribution in [-0.4, -0.2) is 24.0 Å². The molecule has 0 saturated heterocycles. The summed E-state index contributed by atoms with van der Waals surface area (Å²) in [6, 6.07) is 9.82. The van der Waals surface area contributed by atoms with Gasteiger partial charge in [0, 0.05) is 17.8 Å². The molecule has 1 aromatic heterocycles. The van der Waals surface area contributed by atoms with Gasteiger partial charge < -0.3 is 9.64 Å². The van der Waals surface area contributed by atoms with Crippen LogP contribution in [0.5, 0.6) is 0 Å². The smallest absolute Gasteiger partial charge is 0.331 e. The van der Waals surface area contributed by atoms with Gasteiger partial charge in [-0.15, -0.1) is 0 Å². The van der Waals surface area contributed by atoms with Crippen molar-refractivity contribution in [3.63, 3.8) is 0 Å². The van der Waals surface area contributed by atoms with Crippen LogP contribution >= 0.6 is 11.3 Å². The Hall–Kier alpha value is -2.40. The Morgan fingerprint density at radius 2 is 2.12 bits per heavy atom. The molecule has 0 aliphatic carbocycles. The highest BCUT2D eigenvalue weighted by Gasteiger charge is 2.34. The number of ether oxygens (including phenoxy) is 1. The van der Waals surface area contributed by atoms with Crippen molar-refractivity contribution in [1.29, 1.82) is 0 Å². The first-order chi connectivity index (χ1) is 11.6. The van der Waals surface area contributed by atoms with Gasteiger partial charge in [0.2, 0.25) is 0 Å². The number of hydrogen-bond acceptors (Lipinski definition) is 4. The average Bonchev–Trinajstić information content (AvgIpc) is 3.18. The highest BCUT2D eigenvalue weighted by molar-refractivity contribution is 7.08. The van der Waals surface area contributed by atoms with E-state index in [1.165, 1.54) is 6.08 Å².